The first kappa shape index (κ1) is 31.7. The molecule has 254 valence electrons. The Morgan fingerprint density at radius 3 is 1.46 bits per heavy atom. The molecule has 1 nitrogen and oxygen atoms in total. The van der Waals surface area contributed by atoms with Gasteiger partial charge in [-0.05, 0) is 97.2 Å². The van der Waals surface area contributed by atoms with Crippen molar-refractivity contribution in [1.82, 2.24) is 0 Å². The van der Waals surface area contributed by atoms with Crippen LogP contribution < -0.4 is 4.90 Å². The highest BCUT2D eigenvalue weighted by atomic mass is 15.1. The number of hydrogen-bond acceptors (Lipinski definition) is 1. The standard InChI is InChI=1S/C53H37N/c1-4-17-44(18-5-1)53(45-19-6-2-7-20-45)49-24-13-12-23-48(49)52-50(53)25-14-26-51(52)54(46-21-8-3-9-22-46)47-35-33-40(34-36-47)39-27-29-41(30-28-39)43-32-31-38-15-10-11-16-42(38)37-43/h1-37H. The molecule has 10 rings (SSSR count). The van der Waals surface area contributed by atoms with Crippen LogP contribution in [0.15, 0.2) is 224 Å². The maximum Gasteiger partial charge on any atom is 0.0714 e. The second-order valence-corrected chi connectivity index (χ2v) is 14.1. The number of hydrogen-bond donors (Lipinski definition) is 0. The molecule has 1 aliphatic carbocycles. The van der Waals surface area contributed by atoms with Crippen molar-refractivity contribution >= 4 is 27.8 Å². The molecule has 0 aromatic heterocycles. The summed E-state index contributed by atoms with van der Waals surface area (Å²) in [6.45, 7) is 0. The van der Waals surface area contributed by atoms with E-state index < -0.39 is 5.41 Å². The lowest BCUT2D eigenvalue weighted by atomic mass is 9.68. The summed E-state index contributed by atoms with van der Waals surface area (Å²) < 4.78 is 0. The minimum absolute atomic E-state index is 0.463. The molecule has 9 aromatic rings. The van der Waals surface area contributed by atoms with Crippen molar-refractivity contribution in [2.45, 2.75) is 5.41 Å². The quantitative estimate of drug-likeness (QED) is 0.161. The van der Waals surface area contributed by atoms with Gasteiger partial charge in [-0.2, -0.15) is 0 Å². The molecule has 54 heavy (non-hydrogen) atoms. The van der Waals surface area contributed by atoms with Crippen LogP contribution >= 0.6 is 0 Å². The van der Waals surface area contributed by atoms with Crippen molar-refractivity contribution in [3.63, 3.8) is 0 Å². The Morgan fingerprint density at radius 1 is 0.315 bits per heavy atom. The van der Waals surface area contributed by atoms with Gasteiger partial charge in [-0.15, -0.1) is 0 Å². The summed E-state index contributed by atoms with van der Waals surface area (Å²) in [5.41, 5.74) is 15.4. The van der Waals surface area contributed by atoms with Crippen molar-refractivity contribution in [2.75, 3.05) is 4.90 Å². The third-order valence-corrected chi connectivity index (χ3v) is 11.1. The minimum atomic E-state index is -0.463. The Kier molecular flexibility index (Phi) is 7.78. The highest BCUT2D eigenvalue weighted by Crippen LogP contribution is 2.59. The molecule has 0 fully saturated rings. The number of anilines is 3. The van der Waals surface area contributed by atoms with Gasteiger partial charge in [0.05, 0.1) is 11.1 Å². The lowest BCUT2D eigenvalue weighted by Gasteiger charge is -2.34. The van der Waals surface area contributed by atoms with Crippen molar-refractivity contribution in [2.24, 2.45) is 0 Å². The number of nitrogens with zero attached hydrogens (tertiary/aromatic N) is 1. The fraction of sp³-hybridized carbons (Fsp3) is 0.0189. The lowest BCUT2D eigenvalue weighted by molar-refractivity contribution is 0.768. The predicted octanol–water partition coefficient (Wildman–Crippen LogP) is 14.0. The molecule has 0 N–H and O–H groups in total. The van der Waals surface area contributed by atoms with Crippen molar-refractivity contribution < 1.29 is 0 Å². The van der Waals surface area contributed by atoms with E-state index in [-0.39, 0.29) is 0 Å². The molecule has 1 heteroatoms. The molecule has 0 spiro atoms. The number of benzene rings is 9. The van der Waals surface area contributed by atoms with Crippen LogP contribution in [0.5, 0.6) is 0 Å². The predicted molar refractivity (Wildman–Crippen MR) is 227 cm³/mol. The fourth-order valence-corrected chi connectivity index (χ4v) is 8.69. The minimum Gasteiger partial charge on any atom is -0.310 e. The molecule has 0 atom stereocenters. The van der Waals surface area contributed by atoms with E-state index in [1.807, 2.05) is 0 Å². The molecule has 0 bridgehead atoms. The van der Waals surface area contributed by atoms with Crippen LogP contribution in [0.4, 0.5) is 17.1 Å². The summed E-state index contributed by atoms with van der Waals surface area (Å²) in [6.07, 6.45) is 0. The first-order valence-electron chi connectivity index (χ1n) is 18.7. The summed E-state index contributed by atoms with van der Waals surface area (Å²) >= 11 is 0. The van der Waals surface area contributed by atoms with Gasteiger partial charge in [0.1, 0.15) is 0 Å². The van der Waals surface area contributed by atoms with E-state index in [0.717, 1.165) is 17.1 Å². The molecule has 0 saturated heterocycles. The second-order valence-electron chi connectivity index (χ2n) is 14.1. The monoisotopic (exact) mass is 687 g/mol. The Hall–Kier alpha value is -6.96. The van der Waals surface area contributed by atoms with Crippen LogP contribution in [0.3, 0.4) is 0 Å². The van der Waals surface area contributed by atoms with Crippen molar-refractivity contribution in [1.29, 1.82) is 0 Å². The molecular weight excluding hydrogens is 651 g/mol. The Morgan fingerprint density at radius 2 is 0.796 bits per heavy atom. The summed E-state index contributed by atoms with van der Waals surface area (Å²) in [6, 6.07) is 81.9. The number of rotatable bonds is 7. The molecule has 0 unspecified atom stereocenters. The van der Waals surface area contributed by atoms with Crippen LogP contribution in [-0.4, -0.2) is 0 Å². The molecule has 0 radical (unpaired) electrons. The summed E-state index contributed by atoms with van der Waals surface area (Å²) in [5, 5.41) is 2.52. The molecule has 9 aromatic carbocycles. The van der Waals surface area contributed by atoms with E-state index in [1.54, 1.807) is 0 Å². The Labute approximate surface area is 317 Å². The first-order valence-corrected chi connectivity index (χ1v) is 18.7. The normalized spacial score (nSPS) is 12.6. The van der Waals surface area contributed by atoms with Gasteiger partial charge < -0.3 is 4.90 Å². The third-order valence-electron chi connectivity index (χ3n) is 11.1. The molecule has 1 aliphatic rings. The van der Waals surface area contributed by atoms with Crippen LogP contribution in [0.25, 0.3) is 44.2 Å². The highest BCUT2D eigenvalue weighted by molar-refractivity contribution is 5.97. The van der Waals surface area contributed by atoms with E-state index in [0.29, 0.717) is 0 Å². The summed E-state index contributed by atoms with van der Waals surface area (Å²) in [4.78, 5) is 2.42. The molecular formula is C53H37N. The van der Waals surface area contributed by atoms with Gasteiger partial charge in [0.2, 0.25) is 0 Å². The smallest absolute Gasteiger partial charge is 0.0714 e. The summed E-state index contributed by atoms with van der Waals surface area (Å²) in [5.74, 6) is 0. The van der Waals surface area contributed by atoms with E-state index in [2.05, 4.69) is 229 Å². The van der Waals surface area contributed by atoms with Gasteiger partial charge in [0.15, 0.2) is 0 Å². The van der Waals surface area contributed by atoms with Gasteiger partial charge in [-0.3, -0.25) is 0 Å². The van der Waals surface area contributed by atoms with E-state index in [4.69, 9.17) is 0 Å². The maximum atomic E-state index is 2.42. The van der Waals surface area contributed by atoms with E-state index >= 15 is 0 Å². The molecule has 0 aliphatic heterocycles. The maximum absolute atomic E-state index is 2.42. The lowest BCUT2D eigenvalue weighted by Crippen LogP contribution is -2.28. The SMILES string of the molecule is c1ccc(N(c2ccc(-c3ccc(-c4ccc5ccccc5c4)cc3)cc2)c2cccc3c2-c2ccccc2C3(c2ccccc2)c2ccccc2)cc1. The first-order chi connectivity index (χ1) is 26.8. The van der Waals surface area contributed by atoms with Crippen molar-refractivity contribution in [3.05, 3.63) is 247 Å². The van der Waals surface area contributed by atoms with Gasteiger partial charge in [0, 0.05) is 16.9 Å². The van der Waals surface area contributed by atoms with Crippen molar-refractivity contribution in [3.8, 4) is 33.4 Å². The average Bonchev–Trinajstić information content (AvgIpc) is 3.57. The molecule has 0 heterocycles. The van der Waals surface area contributed by atoms with E-state index in [9.17, 15) is 0 Å². The second kappa shape index (κ2) is 13.2. The highest BCUT2D eigenvalue weighted by Gasteiger charge is 2.47. The number of fused-ring (bicyclic) bond motifs is 4. The Balaban J connectivity index is 1.09. The van der Waals surface area contributed by atoms with Gasteiger partial charge >= 0.3 is 0 Å². The average molecular weight is 688 g/mol. The Bertz CT molecular complexity index is 2690. The topological polar surface area (TPSA) is 3.24 Å². The largest absolute Gasteiger partial charge is 0.310 e. The zero-order valence-electron chi connectivity index (χ0n) is 29.8. The summed E-state index contributed by atoms with van der Waals surface area (Å²) in [7, 11) is 0. The van der Waals surface area contributed by atoms with Gasteiger partial charge in [-0.25, -0.2) is 0 Å². The number of para-hydroxylation sites is 1. The van der Waals surface area contributed by atoms with Crippen LogP contribution in [0, 0.1) is 0 Å². The van der Waals surface area contributed by atoms with E-state index in [1.165, 1.54) is 66.4 Å². The van der Waals surface area contributed by atoms with Crippen LogP contribution in [0.2, 0.25) is 0 Å². The molecule has 0 amide bonds. The fourth-order valence-electron chi connectivity index (χ4n) is 8.69. The van der Waals surface area contributed by atoms with Gasteiger partial charge in [0.25, 0.3) is 0 Å². The third kappa shape index (κ3) is 5.17. The van der Waals surface area contributed by atoms with Crippen LogP contribution in [-0.2, 0) is 5.41 Å². The zero-order chi connectivity index (χ0) is 35.9. The molecule has 0 saturated carbocycles. The van der Waals surface area contributed by atoms with Gasteiger partial charge in [-0.1, -0.05) is 188 Å². The zero-order valence-corrected chi connectivity index (χ0v) is 29.8. The van der Waals surface area contributed by atoms with Crippen LogP contribution in [0.1, 0.15) is 22.3 Å².